The third kappa shape index (κ3) is 1.18. The van der Waals surface area contributed by atoms with Crippen molar-refractivity contribution in [1.82, 2.24) is 10.3 Å². The molecule has 0 unspecified atom stereocenters. The van der Waals surface area contributed by atoms with E-state index < -0.39 is 0 Å². The lowest BCUT2D eigenvalue weighted by molar-refractivity contribution is 0.430. The Morgan fingerprint density at radius 1 is 1.19 bits per heavy atom. The summed E-state index contributed by atoms with van der Waals surface area (Å²) < 4.78 is 10.4. The molecule has 3 rings (SSSR count). The smallest absolute Gasteiger partial charge is 0.178 e. The molecule has 80 valence electrons. The first-order chi connectivity index (χ1) is 7.75. The van der Waals surface area contributed by atoms with Crippen LogP contribution in [0.15, 0.2) is 33.3 Å². The standard InChI is InChI=1S/C11H9N3O2/c1-6-7-3-2-4-8(11(7)16-13-6)9-5-10(12)14-15-9/h2-5H,1H3,(H2,12,14). The summed E-state index contributed by atoms with van der Waals surface area (Å²) in [6.07, 6.45) is 0. The van der Waals surface area contributed by atoms with Crippen LogP contribution >= 0.6 is 0 Å². The molecule has 2 aromatic heterocycles. The van der Waals surface area contributed by atoms with Crippen LogP contribution in [0.1, 0.15) is 5.69 Å². The minimum absolute atomic E-state index is 0.350. The molecule has 5 nitrogen and oxygen atoms in total. The number of nitrogens with zero attached hydrogens (tertiary/aromatic N) is 2. The van der Waals surface area contributed by atoms with Crippen LogP contribution in [0.5, 0.6) is 0 Å². The predicted molar refractivity (Wildman–Crippen MR) is 58.7 cm³/mol. The minimum Gasteiger partial charge on any atom is -0.381 e. The SMILES string of the molecule is Cc1noc2c(-c3cc(N)no3)cccc12. The Balaban J connectivity index is 2.31. The first kappa shape index (κ1) is 8.96. The summed E-state index contributed by atoms with van der Waals surface area (Å²) in [5.74, 6) is 0.933. The van der Waals surface area contributed by atoms with Crippen molar-refractivity contribution < 1.29 is 9.05 Å². The summed E-state index contributed by atoms with van der Waals surface area (Å²) in [6, 6.07) is 7.41. The number of fused-ring (bicyclic) bond motifs is 1. The summed E-state index contributed by atoms with van der Waals surface area (Å²) in [4.78, 5) is 0. The van der Waals surface area contributed by atoms with Crippen molar-refractivity contribution >= 4 is 16.8 Å². The molecule has 0 spiro atoms. The quantitative estimate of drug-likeness (QED) is 0.674. The van der Waals surface area contributed by atoms with Crippen LogP contribution < -0.4 is 5.73 Å². The molecule has 0 aliphatic rings. The molecule has 3 aromatic rings. The lowest BCUT2D eigenvalue weighted by Gasteiger charge is -1.94. The fourth-order valence-corrected chi connectivity index (χ4v) is 1.69. The summed E-state index contributed by atoms with van der Waals surface area (Å²) in [6.45, 7) is 1.89. The molecule has 5 heteroatoms. The Hall–Kier alpha value is -2.30. The van der Waals surface area contributed by atoms with Gasteiger partial charge in [0.1, 0.15) is 0 Å². The Morgan fingerprint density at radius 2 is 2.06 bits per heavy atom. The molecule has 0 aliphatic heterocycles. The number of rotatable bonds is 1. The average Bonchev–Trinajstić information content (AvgIpc) is 2.86. The van der Waals surface area contributed by atoms with Gasteiger partial charge in [0, 0.05) is 11.5 Å². The molecular formula is C11H9N3O2. The van der Waals surface area contributed by atoms with Gasteiger partial charge in [-0.3, -0.25) is 0 Å². The Kier molecular flexibility index (Phi) is 1.73. The highest BCUT2D eigenvalue weighted by molar-refractivity contribution is 5.92. The number of hydrogen-bond donors (Lipinski definition) is 1. The molecule has 0 bridgehead atoms. The zero-order chi connectivity index (χ0) is 11.1. The van der Waals surface area contributed by atoms with Gasteiger partial charge in [-0.2, -0.15) is 0 Å². The van der Waals surface area contributed by atoms with Gasteiger partial charge in [0.25, 0.3) is 0 Å². The zero-order valence-electron chi connectivity index (χ0n) is 8.60. The molecule has 0 saturated carbocycles. The molecule has 0 saturated heterocycles. The number of benzene rings is 1. The van der Waals surface area contributed by atoms with E-state index in [0.717, 1.165) is 16.6 Å². The first-order valence-electron chi connectivity index (χ1n) is 4.83. The van der Waals surface area contributed by atoms with Crippen LogP contribution in [0, 0.1) is 6.92 Å². The maximum atomic E-state index is 5.51. The average molecular weight is 215 g/mol. The predicted octanol–water partition coefficient (Wildman–Crippen LogP) is 2.37. The number of para-hydroxylation sites is 1. The van der Waals surface area contributed by atoms with Crippen molar-refractivity contribution in [2.45, 2.75) is 6.92 Å². The number of aromatic nitrogens is 2. The van der Waals surface area contributed by atoms with E-state index in [9.17, 15) is 0 Å². The van der Waals surface area contributed by atoms with Crippen LogP contribution in [0.4, 0.5) is 5.82 Å². The Bertz CT molecular complexity index is 654. The molecule has 2 N–H and O–H groups in total. The third-order valence-corrected chi connectivity index (χ3v) is 2.47. The van der Waals surface area contributed by atoms with E-state index in [1.54, 1.807) is 6.07 Å². The van der Waals surface area contributed by atoms with Crippen molar-refractivity contribution in [3.63, 3.8) is 0 Å². The summed E-state index contributed by atoms with van der Waals surface area (Å²) in [5.41, 5.74) is 7.86. The van der Waals surface area contributed by atoms with Crippen molar-refractivity contribution in [2.75, 3.05) is 5.73 Å². The molecule has 0 fully saturated rings. The molecule has 1 aromatic carbocycles. The maximum absolute atomic E-state index is 5.51. The molecule has 0 radical (unpaired) electrons. The van der Waals surface area contributed by atoms with Crippen LogP contribution in [0.3, 0.4) is 0 Å². The third-order valence-electron chi connectivity index (χ3n) is 2.47. The second-order valence-electron chi connectivity index (χ2n) is 3.57. The van der Waals surface area contributed by atoms with Gasteiger partial charge in [0.15, 0.2) is 17.2 Å². The van der Waals surface area contributed by atoms with E-state index in [2.05, 4.69) is 10.3 Å². The van der Waals surface area contributed by atoms with Crippen molar-refractivity contribution in [2.24, 2.45) is 0 Å². The normalized spacial score (nSPS) is 11.1. The zero-order valence-corrected chi connectivity index (χ0v) is 8.60. The maximum Gasteiger partial charge on any atom is 0.178 e. The van der Waals surface area contributed by atoms with Crippen LogP contribution in [0.25, 0.3) is 22.3 Å². The summed E-state index contributed by atoms with van der Waals surface area (Å²) in [5, 5.41) is 8.53. The Labute approximate surface area is 90.8 Å². The lowest BCUT2D eigenvalue weighted by Crippen LogP contribution is -1.80. The van der Waals surface area contributed by atoms with E-state index in [4.69, 9.17) is 14.8 Å². The molecule has 2 heterocycles. The minimum atomic E-state index is 0.350. The summed E-state index contributed by atoms with van der Waals surface area (Å²) >= 11 is 0. The van der Waals surface area contributed by atoms with Gasteiger partial charge in [-0.05, 0) is 19.1 Å². The Morgan fingerprint density at radius 3 is 2.81 bits per heavy atom. The van der Waals surface area contributed by atoms with E-state index in [-0.39, 0.29) is 0 Å². The van der Waals surface area contributed by atoms with Gasteiger partial charge >= 0.3 is 0 Å². The van der Waals surface area contributed by atoms with Crippen molar-refractivity contribution in [3.8, 4) is 11.3 Å². The van der Waals surface area contributed by atoms with Crippen molar-refractivity contribution in [3.05, 3.63) is 30.0 Å². The van der Waals surface area contributed by atoms with Gasteiger partial charge in [0.05, 0.1) is 11.3 Å². The van der Waals surface area contributed by atoms with Gasteiger partial charge < -0.3 is 14.8 Å². The van der Waals surface area contributed by atoms with E-state index in [1.807, 2.05) is 25.1 Å². The van der Waals surface area contributed by atoms with Gasteiger partial charge in [0.2, 0.25) is 0 Å². The number of anilines is 1. The highest BCUT2D eigenvalue weighted by atomic mass is 16.5. The van der Waals surface area contributed by atoms with Crippen LogP contribution in [-0.2, 0) is 0 Å². The summed E-state index contributed by atoms with van der Waals surface area (Å²) in [7, 11) is 0. The van der Waals surface area contributed by atoms with Crippen molar-refractivity contribution in [1.29, 1.82) is 0 Å². The molecular weight excluding hydrogens is 206 g/mol. The van der Waals surface area contributed by atoms with E-state index in [1.165, 1.54) is 0 Å². The van der Waals surface area contributed by atoms with E-state index >= 15 is 0 Å². The number of hydrogen-bond acceptors (Lipinski definition) is 5. The molecule has 0 atom stereocenters. The largest absolute Gasteiger partial charge is 0.381 e. The molecule has 0 amide bonds. The number of nitrogen functional groups attached to an aromatic ring is 1. The fraction of sp³-hybridized carbons (Fsp3) is 0.0909. The topological polar surface area (TPSA) is 78.1 Å². The second-order valence-corrected chi connectivity index (χ2v) is 3.57. The van der Waals surface area contributed by atoms with Gasteiger partial charge in [-0.15, -0.1) is 0 Å². The fourth-order valence-electron chi connectivity index (χ4n) is 1.69. The molecule has 16 heavy (non-hydrogen) atoms. The highest BCUT2D eigenvalue weighted by Gasteiger charge is 2.13. The van der Waals surface area contributed by atoms with Crippen LogP contribution in [-0.4, -0.2) is 10.3 Å². The highest BCUT2D eigenvalue weighted by Crippen LogP contribution is 2.30. The monoisotopic (exact) mass is 215 g/mol. The second kappa shape index (κ2) is 3.10. The van der Waals surface area contributed by atoms with E-state index in [0.29, 0.717) is 17.2 Å². The first-order valence-corrected chi connectivity index (χ1v) is 4.83. The van der Waals surface area contributed by atoms with Gasteiger partial charge in [-0.1, -0.05) is 16.4 Å². The number of nitrogens with two attached hydrogens (primary N) is 1. The molecule has 0 aliphatic carbocycles. The number of aryl methyl sites for hydroxylation is 1. The lowest BCUT2D eigenvalue weighted by atomic mass is 10.1. The van der Waals surface area contributed by atoms with Gasteiger partial charge in [-0.25, -0.2) is 0 Å². The van der Waals surface area contributed by atoms with Crippen LogP contribution in [0.2, 0.25) is 0 Å².